The Morgan fingerprint density at radius 3 is 2.38 bits per heavy atom. The van der Waals surface area contributed by atoms with Crippen LogP contribution < -0.4 is 9.47 Å². The summed E-state index contributed by atoms with van der Waals surface area (Å²) in [5.41, 5.74) is 2.66. The molecule has 1 aliphatic rings. The quantitative estimate of drug-likeness (QED) is 0.553. The van der Waals surface area contributed by atoms with Crippen LogP contribution in [0.3, 0.4) is 0 Å². The topological polar surface area (TPSA) is 18.5 Å². The first-order valence-corrected chi connectivity index (χ1v) is 8.20. The van der Waals surface area contributed by atoms with Crippen LogP contribution in [0.5, 0.6) is 11.5 Å². The zero-order valence-electron chi connectivity index (χ0n) is 13.3. The summed E-state index contributed by atoms with van der Waals surface area (Å²) in [7, 11) is 0. The van der Waals surface area contributed by atoms with Gasteiger partial charge in [0.2, 0.25) is 0 Å². The van der Waals surface area contributed by atoms with Gasteiger partial charge in [0.15, 0.2) is 11.5 Å². The third-order valence-electron chi connectivity index (χ3n) is 4.02. The van der Waals surface area contributed by atoms with E-state index in [0.29, 0.717) is 22.6 Å². The van der Waals surface area contributed by atoms with Crippen LogP contribution in [0, 0.1) is 5.82 Å². The molecule has 0 unspecified atom stereocenters. The second-order valence-corrected chi connectivity index (χ2v) is 6.39. The van der Waals surface area contributed by atoms with Gasteiger partial charge in [-0.2, -0.15) is 0 Å². The molecule has 0 atom stereocenters. The van der Waals surface area contributed by atoms with E-state index in [2.05, 4.69) is 4.74 Å². The number of hydrogen-bond donors (Lipinski definition) is 0. The number of fused-ring (bicyclic) bond motifs is 1. The third-order valence-corrected chi connectivity index (χ3v) is 4.26. The van der Waals surface area contributed by atoms with Crippen molar-refractivity contribution in [2.75, 3.05) is 0 Å². The van der Waals surface area contributed by atoms with Crippen molar-refractivity contribution < 1.29 is 22.6 Å². The lowest BCUT2D eigenvalue weighted by molar-refractivity contribution is -0.286. The highest BCUT2D eigenvalue weighted by Crippen LogP contribution is 2.48. The smallest absolute Gasteiger partial charge is 0.395 e. The third kappa shape index (κ3) is 3.35. The van der Waals surface area contributed by atoms with Gasteiger partial charge in [0.05, 0.1) is 0 Å². The van der Waals surface area contributed by atoms with Gasteiger partial charge in [-0.3, -0.25) is 0 Å². The molecule has 0 fully saturated rings. The van der Waals surface area contributed by atoms with Crippen molar-refractivity contribution in [3.8, 4) is 22.6 Å². The van der Waals surface area contributed by atoms with Crippen LogP contribution in [0.4, 0.5) is 13.2 Å². The molecule has 0 saturated heterocycles. The van der Waals surface area contributed by atoms with Gasteiger partial charge in [0, 0.05) is 10.6 Å². The maximum atomic E-state index is 13.6. The molecular formula is C20H12ClF3O2. The lowest BCUT2D eigenvalue weighted by atomic mass is 9.97. The van der Waals surface area contributed by atoms with E-state index >= 15 is 0 Å². The standard InChI is InChI=1S/C20H12ClF3O2/c21-15-3-1-2-14(11-15)17-9-13(8-12-4-6-16(22)7-5-12)10-18-19(17)26-20(23,24)25-18/h1-7,9-11H,8H2. The largest absolute Gasteiger partial charge is 0.586 e. The van der Waals surface area contributed by atoms with E-state index < -0.39 is 6.29 Å². The molecule has 26 heavy (non-hydrogen) atoms. The Labute approximate surface area is 152 Å². The normalized spacial score (nSPS) is 14.5. The van der Waals surface area contributed by atoms with Crippen LogP contribution in [-0.4, -0.2) is 6.29 Å². The summed E-state index contributed by atoms with van der Waals surface area (Å²) >= 11 is 6.03. The summed E-state index contributed by atoms with van der Waals surface area (Å²) < 4.78 is 49.6. The Kier molecular flexibility index (Phi) is 4.04. The van der Waals surface area contributed by atoms with Crippen molar-refractivity contribution in [3.63, 3.8) is 0 Å². The molecule has 1 aliphatic heterocycles. The molecule has 0 aliphatic carbocycles. The second kappa shape index (κ2) is 6.25. The van der Waals surface area contributed by atoms with E-state index in [1.165, 1.54) is 18.2 Å². The summed E-state index contributed by atoms with van der Waals surface area (Å²) in [5, 5.41) is 0.478. The molecule has 4 rings (SSSR count). The van der Waals surface area contributed by atoms with Gasteiger partial charge in [-0.1, -0.05) is 35.9 Å². The van der Waals surface area contributed by atoms with Crippen molar-refractivity contribution in [1.29, 1.82) is 0 Å². The highest BCUT2D eigenvalue weighted by atomic mass is 35.5. The number of rotatable bonds is 3. The maximum Gasteiger partial charge on any atom is 0.586 e. The van der Waals surface area contributed by atoms with E-state index in [1.54, 1.807) is 42.5 Å². The summed E-state index contributed by atoms with van der Waals surface area (Å²) in [4.78, 5) is 0. The lowest BCUT2D eigenvalue weighted by Crippen LogP contribution is -2.26. The van der Waals surface area contributed by atoms with E-state index in [1.807, 2.05) is 0 Å². The average molecular weight is 377 g/mol. The fourth-order valence-electron chi connectivity index (χ4n) is 2.92. The Balaban J connectivity index is 1.80. The van der Waals surface area contributed by atoms with Gasteiger partial charge >= 0.3 is 6.29 Å². The fourth-order valence-corrected chi connectivity index (χ4v) is 3.11. The molecular weight excluding hydrogens is 365 g/mol. The van der Waals surface area contributed by atoms with Gasteiger partial charge < -0.3 is 9.47 Å². The van der Waals surface area contributed by atoms with Crippen molar-refractivity contribution in [3.05, 3.63) is 82.6 Å². The Hall–Kier alpha value is -2.66. The maximum absolute atomic E-state index is 13.6. The van der Waals surface area contributed by atoms with Crippen LogP contribution in [0.15, 0.2) is 60.7 Å². The number of halogens is 4. The molecule has 0 bridgehead atoms. The minimum atomic E-state index is -3.72. The van der Waals surface area contributed by atoms with Crippen molar-refractivity contribution >= 4 is 11.6 Å². The van der Waals surface area contributed by atoms with Crippen molar-refractivity contribution in [1.82, 2.24) is 0 Å². The minimum Gasteiger partial charge on any atom is -0.395 e. The van der Waals surface area contributed by atoms with Crippen LogP contribution in [-0.2, 0) is 6.42 Å². The van der Waals surface area contributed by atoms with Gasteiger partial charge in [0.25, 0.3) is 0 Å². The molecule has 0 aromatic heterocycles. The average Bonchev–Trinajstić information content (AvgIpc) is 2.90. The number of alkyl halides is 2. The molecule has 0 spiro atoms. The molecule has 132 valence electrons. The summed E-state index contributed by atoms with van der Waals surface area (Å²) in [6.07, 6.45) is -3.29. The molecule has 0 amide bonds. The SMILES string of the molecule is Fc1ccc(Cc2cc3c(c(-c4cccc(Cl)c4)c2)OC(F)(F)O3)cc1. The van der Waals surface area contributed by atoms with Gasteiger partial charge in [-0.15, -0.1) is 8.78 Å². The molecule has 0 N–H and O–H groups in total. The van der Waals surface area contributed by atoms with Crippen LogP contribution >= 0.6 is 11.6 Å². The minimum absolute atomic E-state index is 0.0277. The van der Waals surface area contributed by atoms with Gasteiger partial charge in [0.1, 0.15) is 5.82 Å². The molecule has 1 heterocycles. The van der Waals surface area contributed by atoms with E-state index in [-0.39, 0.29) is 17.3 Å². The molecule has 0 radical (unpaired) electrons. The van der Waals surface area contributed by atoms with Crippen LogP contribution in [0.1, 0.15) is 11.1 Å². The molecule has 3 aromatic carbocycles. The summed E-state index contributed by atoms with van der Waals surface area (Å²) in [6, 6.07) is 16.1. The first-order valence-electron chi connectivity index (χ1n) is 7.83. The van der Waals surface area contributed by atoms with Crippen molar-refractivity contribution in [2.24, 2.45) is 0 Å². The Morgan fingerprint density at radius 2 is 1.65 bits per heavy atom. The Bertz CT molecular complexity index is 971. The van der Waals surface area contributed by atoms with Gasteiger partial charge in [-0.05, 0) is 59.5 Å². The number of benzene rings is 3. The lowest BCUT2D eigenvalue weighted by Gasteiger charge is -2.10. The van der Waals surface area contributed by atoms with Gasteiger partial charge in [-0.25, -0.2) is 4.39 Å². The first-order chi connectivity index (χ1) is 12.4. The van der Waals surface area contributed by atoms with Crippen LogP contribution in [0.25, 0.3) is 11.1 Å². The molecule has 0 saturated carbocycles. The van der Waals surface area contributed by atoms with E-state index in [9.17, 15) is 13.2 Å². The molecule has 3 aromatic rings. The van der Waals surface area contributed by atoms with Crippen LogP contribution in [0.2, 0.25) is 5.02 Å². The first kappa shape index (κ1) is 16.8. The zero-order chi connectivity index (χ0) is 18.3. The zero-order valence-corrected chi connectivity index (χ0v) is 14.1. The highest BCUT2D eigenvalue weighted by Gasteiger charge is 2.45. The monoisotopic (exact) mass is 376 g/mol. The van der Waals surface area contributed by atoms with Crippen molar-refractivity contribution in [2.45, 2.75) is 12.7 Å². The van der Waals surface area contributed by atoms with E-state index in [0.717, 1.165) is 11.1 Å². The summed E-state index contributed by atoms with van der Waals surface area (Å²) in [6.45, 7) is 0. The molecule has 6 heteroatoms. The predicted octanol–water partition coefficient (Wildman–Crippen LogP) is 6.06. The molecule has 2 nitrogen and oxygen atoms in total. The Morgan fingerprint density at radius 1 is 0.885 bits per heavy atom. The highest BCUT2D eigenvalue weighted by molar-refractivity contribution is 6.30. The number of hydrogen-bond acceptors (Lipinski definition) is 2. The fraction of sp³-hybridized carbons (Fsp3) is 0.100. The predicted molar refractivity (Wildman–Crippen MR) is 92.3 cm³/mol. The number of ether oxygens (including phenoxy) is 2. The van der Waals surface area contributed by atoms with E-state index in [4.69, 9.17) is 16.3 Å². The summed E-state index contributed by atoms with van der Waals surface area (Å²) in [5.74, 6) is -0.400. The second-order valence-electron chi connectivity index (χ2n) is 5.95.